The van der Waals surface area contributed by atoms with Gasteiger partial charge in [0.15, 0.2) is 0 Å². The Morgan fingerprint density at radius 3 is 1.44 bits per heavy atom. The highest BCUT2D eigenvalue weighted by Gasteiger charge is 2.23. The highest BCUT2D eigenvalue weighted by molar-refractivity contribution is 6.29. The quantitative estimate of drug-likeness (QED) is 0.231. The minimum Gasteiger partial charge on any atom is -0.428 e. The molecule has 0 aliphatic rings. The monoisotopic (exact) mass is 266 g/mol. The summed E-state index contributed by atoms with van der Waals surface area (Å²) in [5.74, 6) is -2.85. The number of carbonyl (C=O) groups is 2. The Hall–Kier alpha value is -1.22. The van der Waals surface area contributed by atoms with Crippen molar-refractivity contribution in [2.45, 2.75) is 38.3 Å². The molecular formula is C10H18O8. The molecule has 0 rings (SSSR count). The molecule has 0 radical (unpaired) electrons. The van der Waals surface area contributed by atoms with E-state index in [1.807, 2.05) is 0 Å². The zero-order valence-corrected chi connectivity index (χ0v) is 9.82. The van der Waals surface area contributed by atoms with Crippen molar-refractivity contribution in [1.29, 1.82) is 0 Å². The van der Waals surface area contributed by atoms with Crippen molar-refractivity contribution in [3.05, 3.63) is 0 Å². The first kappa shape index (κ1) is 16.8. The lowest BCUT2D eigenvalue weighted by Crippen LogP contribution is -2.29. The standard InChI is InChI=1S/C10H18O8/c11-5-1-3-7(13)17-9(15)10(16)18-8(14)4-2-6-12/h7-8,11-14H,1-6H2. The van der Waals surface area contributed by atoms with Gasteiger partial charge in [-0.1, -0.05) is 0 Å². The molecule has 0 bridgehead atoms. The van der Waals surface area contributed by atoms with Crippen LogP contribution >= 0.6 is 0 Å². The van der Waals surface area contributed by atoms with Crippen molar-refractivity contribution >= 4 is 11.9 Å². The molecule has 0 heterocycles. The molecule has 0 aromatic carbocycles. The van der Waals surface area contributed by atoms with Crippen molar-refractivity contribution in [2.24, 2.45) is 0 Å². The minimum absolute atomic E-state index is 0.0113. The van der Waals surface area contributed by atoms with E-state index in [-0.39, 0.29) is 38.9 Å². The molecule has 0 aliphatic carbocycles. The van der Waals surface area contributed by atoms with Crippen LogP contribution in [-0.4, -0.2) is 58.2 Å². The number of carbonyl (C=O) groups excluding carboxylic acids is 2. The smallest absolute Gasteiger partial charge is 0.419 e. The Bertz CT molecular complexity index is 228. The number of aliphatic hydroxyl groups is 4. The molecule has 8 heteroatoms. The maximum atomic E-state index is 11.0. The van der Waals surface area contributed by atoms with E-state index in [0.29, 0.717) is 0 Å². The van der Waals surface area contributed by atoms with E-state index >= 15 is 0 Å². The highest BCUT2D eigenvalue weighted by atomic mass is 16.7. The third kappa shape index (κ3) is 7.96. The van der Waals surface area contributed by atoms with Crippen molar-refractivity contribution in [2.75, 3.05) is 13.2 Å². The Kier molecular flexibility index (Phi) is 9.11. The van der Waals surface area contributed by atoms with E-state index < -0.39 is 24.5 Å². The lowest BCUT2D eigenvalue weighted by Gasteiger charge is -2.13. The molecular weight excluding hydrogens is 248 g/mol. The van der Waals surface area contributed by atoms with Gasteiger partial charge in [-0.05, 0) is 12.8 Å². The summed E-state index contributed by atoms with van der Waals surface area (Å²) in [7, 11) is 0. The van der Waals surface area contributed by atoms with Crippen LogP contribution in [0.3, 0.4) is 0 Å². The van der Waals surface area contributed by atoms with Gasteiger partial charge in [0.05, 0.1) is 0 Å². The first-order valence-electron chi connectivity index (χ1n) is 5.50. The summed E-state index contributed by atoms with van der Waals surface area (Å²) in [4.78, 5) is 22.1. The fourth-order valence-electron chi connectivity index (χ4n) is 0.993. The SMILES string of the molecule is O=C(OC(O)CCCO)C(=O)OC(O)CCCO. The fourth-order valence-corrected chi connectivity index (χ4v) is 0.993. The van der Waals surface area contributed by atoms with E-state index in [2.05, 4.69) is 9.47 Å². The van der Waals surface area contributed by atoms with Crippen LogP contribution in [0.2, 0.25) is 0 Å². The van der Waals surface area contributed by atoms with Crippen LogP contribution in [0, 0.1) is 0 Å². The molecule has 18 heavy (non-hydrogen) atoms. The number of hydrogen-bond donors (Lipinski definition) is 4. The Morgan fingerprint density at radius 1 is 0.833 bits per heavy atom. The first-order valence-corrected chi connectivity index (χ1v) is 5.50. The van der Waals surface area contributed by atoms with Gasteiger partial charge in [-0.25, -0.2) is 9.59 Å². The van der Waals surface area contributed by atoms with Gasteiger partial charge in [0.2, 0.25) is 12.6 Å². The largest absolute Gasteiger partial charge is 0.428 e. The molecule has 0 fully saturated rings. The van der Waals surface area contributed by atoms with Crippen LogP contribution in [0.1, 0.15) is 25.7 Å². The van der Waals surface area contributed by atoms with E-state index in [4.69, 9.17) is 20.4 Å². The molecule has 2 unspecified atom stereocenters. The summed E-state index contributed by atoms with van der Waals surface area (Å²) in [6.45, 7) is -0.363. The molecule has 0 saturated heterocycles. The predicted molar refractivity (Wildman–Crippen MR) is 56.8 cm³/mol. The molecule has 0 aliphatic heterocycles. The lowest BCUT2D eigenvalue weighted by molar-refractivity contribution is -0.195. The molecule has 4 N–H and O–H groups in total. The van der Waals surface area contributed by atoms with Gasteiger partial charge in [0.25, 0.3) is 0 Å². The predicted octanol–water partition coefficient (Wildman–Crippen LogP) is -1.75. The van der Waals surface area contributed by atoms with Crippen LogP contribution in [-0.2, 0) is 19.1 Å². The maximum Gasteiger partial charge on any atom is 0.419 e. The molecule has 0 aromatic heterocycles. The van der Waals surface area contributed by atoms with Gasteiger partial charge in [-0.3, -0.25) is 0 Å². The molecule has 0 spiro atoms. The van der Waals surface area contributed by atoms with E-state index in [1.54, 1.807) is 0 Å². The summed E-state index contributed by atoms with van der Waals surface area (Å²) >= 11 is 0. The van der Waals surface area contributed by atoms with E-state index in [9.17, 15) is 9.59 Å². The number of esters is 2. The van der Waals surface area contributed by atoms with Gasteiger partial charge in [0.1, 0.15) is 0 Å². The second-order valence-corrected chi connectivity index (χ2v) is 3.45. The van der Waals surface area contributed by atoms with Crippen LogP contribution in [0.4, 0.5) is 0 Å². The van der Waals surface area contributed by atoms with Crippen molar-refractivity contribution < 1.29 is 39.5 Å². The zero-order chi connectivity index (χ0) is 14.0. The van der Waals surface area contributed by atoms with Crippen LogP contribution < -0.4 is 0 Å². The Labute approximate surface area is 104 Å². The topological polar surface area (TPSA) is 134 Å². The van der Waals surface area contributed by atoms with Gasteiger partial charge in [-0.2, -0.15) is 0 Å². The third-order valence-electron chi connectivity index (χ3n) is 1.87. The van der Waals surface area contributed by atoms with Gasteiger partial charge in [-0.15, -0.1) is 0 Å². The molecule has 0 saturated carbocycles. The summed E-state index contributed by atoms with van der Waals surface area (Å²) in [6.07, 6.45) is -2.62. The van der Waals surface area contributed by atoms with Crippen LogP contribution in [0.5, 0.6) is 0 Å². The van der Waals surface area contributed by atoms with Gasteiger partial charge in [0, 0.05) is 26.1 Å². The van der Waals surface area contributed by atoms with Crippen molar-refractivity contribution in [3.8, 4) is 0 Å². The molecule has 2 atom stereocenters. The molecule has 0 aromatic rings. The van der Waals surface area contributed by atoms with Crippen LogP contribution in [0.15, 0.2) is 0 Å². The normalized spacial score (nSPS) is 13.8. The fraction of sp³-hybridized carbons (Fsp3) is 0.800. The summed E-state index contributed by atoms with van der Waals surface area (Å²) in [5.41, 5.74) is 0. The van der Waals surface area contributed by atoms with E-state index in [0.717, 1.165) is 0 Å². The van der Waals surface area contributed by atoms with Crippen molar-refractivity contribution in [1.82, 2.24) is 0 Å². The first-order chi connectivity index (χ1) is 8.51. The summed E-state index contributed by atoms with van der Waals surface area (Å²) in [5, 5.41) is 35.2. The maximum absolute atomic E-state index is 11.0. The minimum atomic E-state index is -1.51. The molecule has 106 valence electrons. The van der Waals surface area contributed by atoms with Crippen LogP contribution in [0.25, 0.3) is 0 Å². The molecule has 0 amide bonds. The highest BCUT2D eigenvalue weighted by Crippen LogP contribution is 2.02. The van der Waals surface area contributed by atoms with Crippen molar-refractivity contribution in [3.63, 3.8) is 0 Å². The second kappa shape index (κ2) is 9.77. The number of aliphatic hydroxyl groups excluding tert-OH is 4. The average Bonchev–Trinajstić information content (AvgIpc) is 2.33. The number of rotatable bonds is 8. The second-order valence-electron chi connectivity index (χ2n) is 3.45. The Balaban J connectivity index is 3.91. The Morgan fingerprint density at radius 2 is 1.17 bits per heavy atom. The number of hydrogen-bond acceptors (Lipinski definition) is 8. The zero-order valence-electron chi connectivity index (χ0n) is 9.82. The van der Waals surface area contributed by atoms with E-state index in [1.165, 1.54) is 0 Å². The average molecular weight is 266 g/mol. The van der Waals surface area contributed by atoms with Gasteiger partial charge >= 0.3 is 11.9 Å². The summed E-state index contributed by atoms with van der Waals surface area (Å²) < 4.78 is 8.58. The number of ether oxygens (including phenoxy) is 2. The van der Waals surface area contributed by atoms with Gasteiger partial charge < -0.3 is 29.9 Å². The summed E-state index contributed by atoms with van der Waals surface area (Å²) in [6, 6.07) is 0. The lowest BCUT2D eigenvalue weighted by atomic mass is 10.3. The third-order valence-corrected chi connectivity index (χ3v) is 1.87. The molecule has 8 nitrogen and oxygen atoms in total.